The lowest BCUT2D eigenvalue weighted by atomic mass is 9.97. The minimum absolute atomic E-state index is 0.228. The molecule has 1 aromatic carbocycles. The fourth-order valence-electron chi connectivity index (χ4n) is 2.88. The van der Waals surface area contributed by atoms with Crippen LogP contribution in [0, 0.1) is 0 Å². The number of benzene rings is 1. The molecule has 0 radical (unpaired) electrons. The molecular formula is C18H23N3O3S2. The molecule has 8 heteroatoms. The fourth-order valence-corrected chi connectivity index (χ4v) is 4.92. The molecule has 6 nitrogen and oxygen atoms in total. The Kier molecular flexibility index (Phi) is 5.74. The van der Waals surface area contributed by atoms with Crippen LogP contribution in [0.1, 0.15) is 47.8 Å². The second-order valence-electron chi connectivity index (χ2n) is 6.66. The monoisotopic (exact) mass is 393 g/mol. The Bertz CT molecular complexity index is 867. The van der Waals surface area contributed by atoms with Crippen LogP contribution in [0.25, 0.3) is 0 Å². The molecule has 1 fully saturated rings. The number of rotatable bonds is 5. The standard InChI is InChI=1S/C18H23N3O3S2/c1-12(2)26(23,24)15-5-3-14(4-6-15)17(22)21-18-20-11-16(25-18)13-7-9-19-10-8-13/h3-6,11-13,19H,7-10H2,1-2H3,(H,20,21,22). The van der Waals surface area contributed by atoms with Gasteiger partial charge in [0.15, 0.2) is 15.0 Å². The molecule has 3 rings (SSSR count). The average Bonchev–Trinajstić information content (AvgIpc) is 3.11. The van der Waals surface area contributed by atoms with Crippen molar-refractivity contribution in [3.63, 3.8) is 0 Å². The van der Waals surface area contributed by atoms with Gasteiger partial charge in [0.1, 0.15) is 0 Å². The zero-order chi connectivity index (χ0) is 18.7. The summed E-state index contributed by atoms with van der Waals surface area (Å²) in [6.45, 7) is 5.29. The van der Waals surface area contributed by atoms with E-state index in [9.17, 15) is 13.2 Å². The third-order valence-corrected chi connectivity index (χ3v) is 7.80. The molecule has 0 unspecified atom stereocenters. The first-order valence-electron chi connectivity index (χ1n) is 8.69. The summed E-state index contributed by atoms with van der Waals surface area (Å²) in [5.74, 6) is 0.213. The largest absolute Gasteiger partial charge is 0.317 e. The molecule has 140 valence electrons. The van der Waals surface area contributed by atoms with Crippen LogP contribution in [-0.2, 0) is 9.84 Å². The normalized spacial score (nSPS) is 16.0. The van der Waals surface area contributed by atoms with Crippen LogP contribution in [0.5, 0.6) is 0 Å². The van der Waals surface area contributed by atoms with E-state index in [4.69, 9.17) is 0 Å². The predicted octanol–water partition coefficient (Wildman–Crippen LogP) is 3.04. The molecule has 0 aliphatic carbocycles. The van der Waals surface area contributed by atoms with Gasteiger partial charge in [-0.1, -0.05) is 0 Å². The number of carbonyl (C=O) groups excluding carboxylic acids is 1. The summed E-state index contributed by atoms with van der Waals surface area (Å²) < 4.78 is 24.3. The molecule has 26 heavy (non-hydrogen) atoms. The molecule has 1 aromatic heterocycles. The van der Waals surface area contributed by atoms with Crippen molar-refractivity contribution >= 4 is 32.2 Å². The van der Waals surface area contributed by atoms with E-state index in [1.54, 1.807) is 13.8 Å². The first-order valence-corrected chi connectivity index (χ1v) is 11.1. The minimum Gasteiger partial charge on any atom is -0.317 e. The SMILES string of the molecule is CC(C)S(=O)(=O)c1ccc(C(=O)Nc2ncc(C3CCNCC3)s2)cc1. The lowest BCUT2D eigenvalue weighted by Crippen LogP contribution is -2.26. The first-order chi connectivity index (χ1) is 12.4. The highest BCUT2D eigenvalue weighted by molar-refractivity contribution is 7.92. The van der Waals surface area contributed by atoms with E-state index in [1.165, 1.54) is 40.5 Å². The summed E-state index contributed by atoms with van der Waals surface area (Å²) in [5, 5.41) is 6.22. The maximum absolute atomic E-state index is 12.4. The summed E-state index contributed by atoms with van der Waals surface area (Å²) in [6, 6.07) is 6.02. The van der Waals surface area contributed by atoms with E-state index < -0.39 is 15.1 Å². The zero-order valence-electron chi connectivity index (χ0n) is 14.9. The van der Waals surface area contributed by atoms with Crippen LogP contribution in [0.4, 0.5) is 5.13 Å². The Hall–Kier alpha value is -1.77. The van der Waals surface area contributed by atoms with E-state index in [0.29, 0.717) is 16.6 Å². The van der Waals surface area contributed by atoms with Gasteiger partial charge in [-0.15, -0.1) is 11.3 Å². The van der Waals surface area contributed by atoms with Gasteiger partial charge < -0.3 is 5.32 Å². The number of nitrogens with one attached hydrogen (secondary N) is 2. The van der Waals surface area contributed by atoms with Crippen molar-refractivity contribution < 1.29 is 13.2 Å². The van der Waals surface area contributed by atoms with Crippen molar-refractivity contribution in [1.82, 2.24) is 10.3 Å². The van der Waals surface area contributed by atoms with E-state index in [-0.39, 0.29) is 10.8 Å². The molecule has 1 aliphatic heterocycles. The van der Waals surface area contributed by atoms with Crippen molar-refractivity contribution in [2.75, 3.05) is 18.4 Å². The second-order valence-corrected chi connectivity index (χ2v) is 10.2. The highest BCUT2D eigenvalue weighted by Gasteiger charge is 2.20. The van der Waals surface area contributed by atoms with E-state index >= 15 is 0 Å². The number of aromatic nitrogens is 1. The van der Waals surface area contributed by atoms with Crippen molar-refractivity contribution in [3.8, 4) is 0 Å². The number of amides is 1. The number of sulfone groups is 1. The van der Waals surface area contributed by atoms with Crippen molar-refractivity contribution in [2.24, 2.45) is 0 Å². The molecule has 1 aliphatic rings. The van der Waals surface area contributed by atoms with Crippen molar-refractivity contribution in [1.29, 1.82) is 0 Å². The van der Waals surface area contributed by atoms with Crippen molar-refractivity contribution in [3.05, 3.63) is 40.9 Å². The average molecular weight is 394 g/mol. The van der Waals surface area contributed by atoms with Gasteiger partial charge in [-0.25, -0.2) is 13.4 Å². The minimum atomic E-state index is -3.33. The smallest absolute Gasteiger partial charge is 0.257 e. The van der Waals surface area contributed by atoms with Gasteiger partial charge in [0.25, 0.3) is 5.91 Å². The third kappa shape index (κ3) is 4.13. The lowest BCUT2D eigenvalue weighted by Gasteiger charge is -2.20. The van der Waals surface area contributed by atoms with Gasteiger partial charge in [0.05, 0.1) is 10.1 Å². The predicted molar refractivity (Wildman–Crippen MR) is 104 cm³/mol. The maximum Gasteiger partial charge on any atom is 0.257 e. The van der Waals surface area contributed by atoms with Crippen LogP contribution in [-0.4, -0.2) is 37.6 Å². The van der Waals surface area contributed by atoms with Crippen LogP contribution in [0.15, 0.2) is 35.4 Å². The molecule has 1 saturated heterocycles. The molecule has 0 bridgehead atoms. The quantitative estimate of drug-likeness (QED) is 0.815. The Morgan fingerprint density at radius 1 is 1.23 bits per heavy atom. The summed E-state index contributed by atoms with van der Waals surface area (Å²) in [7, 11) is -3.33. The molecule has 2 N–H and O–H groups in total. The highest BCUT2D eigenvalue weighted by Crippen LogP contribution is 2.31. The van der Waals surface area contributed by atoms with Gasteiger partial charge >= 0.3 is 0 Å². The van der Waals surface area contributed by atoms with E-state index in [0.717, 1.165) is 25.9 Å². The Balaban J connectivity index is 1.68. The van der Waals surface area contributed by atoms with E-state index in [2.05, 4.69) is 15.6 Å². The first kappa shape index (κ1) is 19.0. The van der Waals surface area contributed by atoms with E-state index in [1.807, 2.05) is 6.20 Å². The number of nitrogens with zero attached hydrogens (tertiary/aromatic N) is 1. The van der Waals surface area contributed by atoms with Crippen LogP contribution < -0.4 is 10.6 Å². The van der Waals surface area contributed by atoms with Crippen LogP contribution >= 0.6 is 11.3 Å². The third-order valence-electron chi connectivity index (χ3n) is 4.55. The topological polar surface area (TPSA) is 88.2 Å². The maximum atomic E-state index is 12.4. The van der Waals surface area contributed by atoms with Gasteiger partial charge in [0, 0.05) is 16.6 Å². The summed E-state index contributed by atoms with van der Waals surface area (Å²) >= 11 is 1.51. The lowest BCUT2D eigenvalue weighted by molar-refractivity contribution is 0.102. The Morgan fingerprint density at radius 3 is 2.50 bits per heavy atom. The Morgan fingerprint density at radius 2 is 1.88 bits per heavy atom. The van der Waals surface area contributed by atoms with Crippen molar-refractivity contribution in [2.45, 2.75) is 42.8 Å². The highest BCUT2D eigenvalue weighted by atomic mass is 32.2. The molecule has 0 atom stereocenters. The molecule has 2 aromatic rings. The summed E-state index contributed by atoms with van der Waals surface area (Å²) in [5.41, 5.74) is 0.409. The van der Waals surface area contributed by atoms with Gasteiger partial charge in [-0.3, -0.25) is 10.1 Å². The van der Waals surface area contributed by atoms with Crippen LogP contribution in [0.3, 0.4) is 0 Å². The summed E-state index contributed by atoms with van der Waals surface area (Å²) in [4.78, 5) is 18.1. The molecule has 0 saturated carbocycles. The number of thiazole rings is 1. The molecule has 2 heterocycles. The van der Waals surface area contributed by atoms with Gasteiger partial charge in [-0.05, 0) is 70.0 Å². The van der Waals surface area contributed by atoms with Gasteiger partial charge in [0.2, 0.25) is 0 Å². The number of hydrogen-bond donors (Lipinski definition) is 2. The number of hydrogen-bond acceptors (Lipinski definition) is 6. The molecular weight excluding hydrogens is 370 g/mol. The second kappa shape index (κ2) is 7.85. The fraction of sp³-hybridized carbons (Fsp3) is 0.444. The number of anilines is 1. The summed E-state index contributed by atoms with van der Waals surface area (Å²) in [6.07, 6.45) is 4.01. The number of piperidine rings is 1. The van der Waals surface area contributed by atoms with Gasteiger partial charge in [-0.2, -0.15) is 0 Å². The van der Waals surface area contributed by atoms with Crippen LogP contribution in [0.2, 0.25) is 0 Å². The number of carbonyl (C=O) groups is 1. The molecule has 0 spiro atoms. The molecule has 1 amide bonds. The Labute approximate surface area is 158 Å². The zero-order valence-corrected chi connectivity index (χ0v) is 16.5.